The number of hydrogen-bond acceptors (Lipinski definition) is 0. The van der Waals surface area contributed by atoms with Crippen LogP contribution in [0.4, 0.5) is 65.9 Å². The van der Waals surface area contributed by atoms with Crippen LogP contribution in [0.25, 0.3) is 0 Å². The molecule has 5 aromatic rings. The molecule has 0 fully saturated rings. The van der Waals surface area contributed by atoms with Crippen LogP contribution in [0.3, 0.4) is 0 Å². The Morgan fingerprint density at radius 1 is 0.250 bits per heavy atom. The molecule has 0 amide bonds. The summed E-state index contributed by atoms with van der Waals surface area (Å²) in [5.74, 6) is 0. The monoisotopic (exact) mass is 870 g/mol. The molecule has 16 heteroatoms. The first-order valence-electron chi connectivity index (χ1n) is 14.6. The van der Waals surface area contributed by atoms with Gasteiger partial charge in [-0.15, -0.1) is 0 Å². The summed E-state index contributed by atoms with van der Waals surface area (Å²) >= 11 is -7.42. The van der Waals surface area contributed by atoms with Gasteiger partial charge in [-0.3, -0.25) is 0 Å². The zero-order valence-electron chi connectivity index (χ0n) is 26.1. The summed E-state index contributed by atoms with van der Waals surface area (Å²) in [6, 6.07) is 14.8. The van der Waals surface area contributed by atoms with Gasteiger partial charge in [-0.25, -0.2) is 0 Å². The van der Waals surface area contributed by atoms with Crippen molar-refractivity contribution < 1.29 is 65.9 Å². The van der Waals surface area contributed by atoms with Crippen molar-refractivity contribution in [3.05, 3.63) is 149 Å². The van der Waals surface area contributed by atoms with E-state index >= 15 is 0 Å². The molecule has 0 spiro atoms. The van der Waals surface area contributed by atoms with Gasteiger partial charge in [0.2, 0.25) is 0 Å². The van der Waals surface area contributed by atoms with E-state index in [-0.39, 0.29) is 18.1 Å². The van der Waals surface area contributed by atoms with Gasteiger partial charge in [0.15, 0.2) is 0 Å². The van der Waals surface area contributed by atoms with E-state index in [1.54, 1.807) is 0 Å². The standard InChI is InChI=1S/C36H23F15Te/c1-52(27-12-2-22(3-13-27)32(37,38)39,28-14-4-23(5-15-28)33(40,41)42,29-16-6-24(7-17-29)34(43,44)45,30-18-8-25(9-19-30)35(46,47)48)31-20-10-26(11-21-31)36(49,50)51/h2-21H,1H3. The van der Waals surface area contributed by atoms with E-state index in [0.29, 0.717) is 60.7 Å². The number of hydrogen-bond donors (Lipinski definition) is 0. The van der Waals surface area contributed by atoms with E-state index in [1.807, 2.05) is 0 Å². The van der Waals surface area contributed by atoms with Gasteiger partial charge in [0.25, 0.3) is 0 Å². The number of halogens is 15. The topological polar surface area (TPSA) is 0 Å². The van der Waals surface area contributed by atoms with Crippen LogP contribution in [-0.2, 0) is 30.9 Å². The summed E-state index contributed by atoms with van der Waals surface area (Å²) in [6.45, 7) is 0. The number of rotatable bonds is 5. The minimum atomic E-state index is -7.42. The van der Waals surface area contributed by atoms with Crippen molar-refractivity contribution in [1.82, 2.24) is 0 Å². The second-order valence-corrected chi connectivity index (χ2v) is 30.5. The zero-order chi connectivity index (χ0) is 38.8. The summed E-state index contributed by atoms with van der Waals surface area (Å²) in [7, 11) is 0. The Morgan fingerprint density at radius 3 is 0.462 bits per heavy atom. The molecule has 0 saturated heterocycles. The van der Waals surface area contributed by atoms with E-state index in [4.69, 9.17) is 0 Å². The van der Waals surface area contributed by atoms with E-state index < -0.39 is 74.1 Å². The fourth-order valence-corrected chi connectivity index (χ4v) is 28.0. The molecule has 0 saturated carbocycles. The Labute approximate surface area is 283 Å². The third-order valence-electron chi connectivity index (χ3n) is 9.44. The van der Waals surface area contributed by atoms with Crippen molar-refractivity contribution in [2.45, 2.75) is 35.9 Å². The third-order valence-corrected chi connectivity index (χ3v) is 33.5. The molecule has 0 bridgehead atoms. The first-order chi connectivity index (χ1) is 23.7. The Morgan fingerprint density at radius 2 is 0.365 bits per heavy atom. The predicted molar refractivity (Wildman–Crippen MR) is 167 cm³/mol. The normalized spacial score (nSPS) is 14.8. The number of alkyl halides is 15. The van der Waals surface area contributed by atoms with E-state index in [2.05, 4.69) is 0 Å². The Balaban J connectivity index is 2.16. The average Bonchev–Trinajstić information content (AvgIpc) is 3.06. The molecule has 0 aliphatic heterocycles. The second kappa shape index (κ2) is 11.9. The van der Waals surface area contributed by atoms with Crippen molar-refractivity contribution in [2.24, 2.45) is 0 Å². The Kier molecular flexibility index (Phi) is 8.96. The fourth-order valence-electron chi connectivity index (χ4n) is 6.62. The van der Waals surface area contributed by atoms with Crippen LogP contribution in [0.2, 0.25) is 4.97 Å². The van der Waals surface area contributed by atoms with E-state index in [1.165, 1.54) is 4.97 Å². The third kappa shape index (κ3) is 5.82. The van der Waals surface area contributed by atoms with Crippen LogP contribution >= 0.6 is 0 Å². The van der Waals surface area contributed by atoms with Gasteiger partial charge >= 0.3 is 284 Å². The molecule has 0 unspecified atom stereocenters. The SMILES string of the molecule is C[Te](c1ccc(C(F)(F)F)cc1)(c1ccc(C(F)(F)F)cc1)(c1ccc(C(F)(F)F)cc1)(c1ccc(C(F)(F)F)cc1)c1ccc(C(F)(F)F)cc1. The molecule has 0 atom stereocenters. The zero-order valence-corrected chi connectivity index (χ0v) is 28.5. The first-order valence-corrected chi connectivity index (χ1v) is 22.8. The van der Waals surface area contributed by atoms with Gasteiger partial charge in [-0.1, -0.05) is 0 Å². The molecule has 0 aliphatic rings. The quantitative estimate of drug-likeness (QED) is 0.122. The van der Waals surface area contributed by atoms with Crippen molar-refractivity contribution >= 4 is 33.5 Å². The predicted octanol–water partition coefficient (Wildman–Crippen LogP) is 9.60. The molecule has 0 aromatic heterocycles. The van der Waals surface area contributed by atoms with Crippen molar-refractivity contribution in [3.8, 4) is 0 Å². The molecule has 5 aromatic carbocycles. The van der Waals surface area contributed by atoms with E-state index in [0.717, 1.165) is 60.7 Å². The fraction of sp³-hybridized carbons (Fsp3) is 0.167. The number of benzene rings is 5. The molecule has 278 valence electrons. The Bertz CT molecular complexity index is 1700. The van der Waals surface area contributed by atoms with Crippen LogP contribution in [0.5, 0.6) is 0 Å². The molecule has 0 radical (unpaired) electrons. The first kappa shape index (κ1) is 39.1. The average molecular weight is 868 g/mol. The maximum atomic E-state index is 13.9. The van der Waals surface area contributed by atoms with Gasteiger partial charge in [-0.2, -0.15) is 0 Å². The molecular formula is C36H23F15Te. The van der Waals surface area contributed by atoms with Gasteiger partial charge < -0.3 is 0 Å². The summed E-state index contributed by atoms with van der Waals surface area (Å²) < 4.78 is 208. The summed E-state index contributed by atoms with van der Waals surface area (Å²) in [5, 5.41) is 0. The van der Waals surface area contributed by atoms with Crippen LogP contribution in [0.15, 0.2) is 121 Å². The molecule has 52 heavy (non-hydrogen) atoms. The minimum absolute atomic E-state index is 0.214. The molecule has 0 N–H and O–H groups in total. The van der Waals surface area contributed by atoms with Crippen LogP contribution in [0, 0.1) is 0 Å². The maximum absolute atomic E-state index is 13.9. The van der Waals surface area contributed by atoms with Gasteiger partial charge in [0.05, 0.1) is 0 Å². The van der Waals surface area contributed by atoms with Gasteiger partial charge in [0, 0.05) is 0 Å². The van der Waals surface area contributed by atoms with Crippen LogP contribution in [-0.4, -0.2) is 15.4 Å². The summed E-state index contributed by atoms with van der Waals surface area (Å²) in [6.07, 6.45) is -24.8. The second-order valence-electron chi connectivity index (χ2n) is 12.2. The van der Waals surface area contributed by atoms with Gasteiger partial charge in [-0.05, 0) is 0 Å². The van der Waals surface area contributed by atoms with Crippen molar-refractivity contribution in [3.63, 3.8) is 0 Å². The van der Waals surface area contributed by atoms with Crippen molar-refractivity contribution in [1.29, 1.82) is 0 Å². The molecule has 0 aliphatic carbocycles. The Hall–Kier alpha value is -4.16. The van der Waals surface area contributed by atoms with Crippen LogP contribution in [0.1, 0.15) is 27.8 Å². The van der Waals surface area contributed by atoms with E-state index in [9.17, 15) is 65.9 Å². The molecule has 0 nitrogen and oxygen atoms in total. The summed E-state index contributed by atoms with van der Waals surface area (Å²) in [5.41, 5.74) is -6.22. The van der Waals surface area contributed by atoms with Crippen molar-refractivity contribution in [2.75, 3.05) is 0 Å². The van der Waals surface area contributed by atoms with Crippen LogP contribution < -0.4 is 18.1 Å². The molecule has 0 heterocycles. The molecule has 5 rings (SSSR count). The van der Waals surface area contributed by atoms with Gasteiger partial charge in [0.1, 0.15) is 0 Å². The molecular weight excluding hydrogens is 845 g/mol. The summed E-state index contributed by atoms with van der Waals surface area (Å²) in [4.78, 5) is 1.32.